The fraction of sp³-hybridized carbons (Fsp3) is 0.824. The van der Waals surface area contributed by atoms with Crippen LogP contribution in [0, 0.1) is 5.92 Å². The highest BCUT2D eigenvalue weighted by Gasteiger charge is 2.40. The summed E-state index contributed by atoms with van der Waals surface area (Å²) in [6.45, 7) is 5.73. The van der Waals surface area contributed by atoms with Crippen molar-refractivity contribution in [1.29, 1.82) is 0 Å². The molecule has 1 saturated carbocycles. The number of aromatic nitrogens is 2. The van der Waals surface area contributed by atoms with Gasteiger partial charge in [0.25, 0.3) is 0 Å². The zero-order chi connectivity index (χ0) is 14.7. The van der Waals surface area contributed by atoms with Gasteiger partial charge >= 0.3 is 0 Å². The lowest BCUT2D eigenvalue weighted by Gasteiger charge is -2.35. The third-order valence-electron chi connectivity index (χ3n) is 5.04. The zero-order valence-electron chi connectivity index (χ0n) is 13.6. The number of likely N-dealkylation sites (tertiary alicyclic amines) is 1. The Morgan fingerprint density at radius 2 is 2.14 bits per heavy atom. The molecule has 118 valence electrons. The van der Waals surface area contributed by atoms with Crippen LogP contribution in [0.5, 0.6) is 0 Å². The summed E-state index contributed by atoms with van der Waals surface area (Å²) >= 11 is 0. The van der Waals surface area contributed by atoms with Crippen LogP contribution in [0.2, 0.25) is 0 Å². The highest BCUT2D eigenvalue weighted by Crippen LogP contribution is 2.41. The van der Waals surface area contributed by atoms with Gasteiger partial charge in [0.1, 0.15) is 0 Å². The number of imidazole rings is 1. The molecule has 2 unspecified atom stereocenters. The topological polar surface area (TPSA) is 33.1 Å². The quantitative estimate of drug-likeness (QED) is 0.874. The van der Waals surface area contributed by atoms with Crippen molar-refractivity contribution in [2.24, 2.45) is 5.92 Å². The molecule has 2 aliphatic rings. The third kappa shape index (κ3) is 3.32. The average molecular weight is 290 g/mol. The van der Waals surface area contributed by atoms with E-state index < -0.39 is 0 Å². The first kappa shape index (κ1) is 15.0. The molecule has 1 aromatic rings. The molecule has 21 heavy (non-hydrogen) atoms. The zero-order valence-corrected chi connectivity index (χ0v) is 13.6. The minimum absolute atomic E-state index is 0.557. The minimum Gasteiger partial charge on any atom is -0.333 e. The number of rotatable bonds is 6. The van der Waals surface area contributed by atoms with Crippen LogP contribution < -0.4 is 5.32 Å². The van der Waals surface area contributed by atoms with E-state index >= 15 is 0 Å². The number of nitrogens with zero attached hydrogens (tertiary/aromatic N) is 3. The molecule has 4 heteroatoms. The van der Waals surface area contributed by atoms with Gasteiger partial charge in [0.15, 0.2) is 0 Å². The summed E-state index contributed by atoms with van der Waals surface area (Å²) in [7, 11) is 2.09. The molecule has 2 atom stereocenters. The van der Waals surface area contributed by atoms with Gasteiger partial charge in [-0.1, -0.05) is 13.3 Å². The Kier molecular flexibility index (Phi) is 4.96. The summed E-state index contributed by atoms with van der Waals surface area (Å²) in [6.07, 6.45) is 12.2. The lowest BCUT2D eigenvalue weighted by molar-refractivity contribution is 0.138. The van der Waals surface area contributed by atoms with Gasteiger partial charge in [0, 0.05) is 18.8 Å². The van der Waals surface area contributed by atoms with Crippen molar-refractivity contribution in [3.8, 4) is 0 Å². The first-order valence-electron chi connectivity index (χ1n) is 8.75. The summed E-state index contributed by atoms with van der Waals surface area (Å²) in [4.78, 5) is 7.27. The van der Waals surface area contributed by atoms with Gasteiger partial charge in [0.2, 0.25) is 0 Å². The Hall–Kier alpha value is -0.870. The van der Waals surface area contributed by atoms with Crippen LogP contribution >= 0.6 is 0 Å². The molecule has 0 bridgehead atoms. The Morgan fingerprint density at radius 3 is 2.86 bits per heavy atom. The smallest absolute Gasteiger partial charge is 0.0948 e. The van der Waals surface area contributed by atoms with Crippen molar-refractivity contribution in [1.82, 2.24) is 19.8 Å². The van der Waals surface area contributed by atoms with Crippen molar-refractivity contribution >= 4 is 0 Å². The van der Waals surface area contributed by atoms with E-state index in [1.165, 1.54) is 50.8 Å². The second-order valence-corrected chi connectivity index (χ2v) is 6.74. The standard InChI is InChI=1S/C17H30N4/c1-3-9-20-13-19-12-16(20)17-14(11-18-2)6-4-5-10-21(17)15-7-8-15/h12-15,17-18H,3-11H2,1-2H3. The van der Waals surface area contributed by atoms with Crippen LogP contribution in [0.3, 0.4) is 0 Å². The van der Waals surface area contributed by atoms with E-state index in [4.69, 9.17) is 0 Å². The minimum atomic E-state index is 0.557. The van der Waals surface area contributed by atoms with Crippen molar-refractivity contribution in [3.05, 3.63) is 18.2 Å². The average Bonchev–Trinajstić information content (AvgIpc) is 3.25. The van der Waals surface area contributed by atoms with Crippen LogP contribution in [0.25, 0.3) is 0 Å². The van der Waals surface area contributed by atoms with Gasteiger partial charge in [-0.2, -0.15) is 0 Å². The van der Waals surface area contributed by atoms with E-state index in [-0.39, 0.29) is 0 Å². The lowest BCUT2D eigenvalue weighted by Crippen LogP contribution is -2.38. The Labute approximate surface area is 128 Å². The first-order valence-corrected chi connectivity index (χ1v) is 8.75. The van der Waals surface area contributed by atoms with E-state index in [1.807, 2.05) is 6.33 Å². The molecule has 0 spiro atoms. The van der Waals surface area contributed by atoms with Gasteiger partial charge < -0.3 is 9.88 Å². The van der Waals surface area contributed by atoms with Crippen molar-refractivity contribution in [3.63, 3.8) is 0 Å². The highest BCUT2D eigenvalue weighted by molar-refractivity contribution is 5.11. The van der Waals surface area contributed by atoms with E-state index in [0.29, 0.717) is 12.0 Å². The summed E-state index contributed by atoms with van der Waals surface area (Å²) in [6, 6.07) is 1.39. The van der Waals surface area contributed by atoms with Gasteiger partial charge in [-0.25, -0.2) is 4.98 Å². The fourth-order valence-electron chi connectivity index (χ4n) is 3.98. The summed E-state index contributed by atoms with van der Waals surface area (Å²) < 4.78 is 2.40. The molecule has 0 amide bonds. The molecule has 1 saturated heterocycles. The maximum Gasteiger partial charge on any atom is 0.0948 e. The molecule has 1 N–H and O–H groups in total. The first-order chi connectivity index (χ1) is 10.3. The number of aryl methyl sites for hydroxylation is 1. The van der Waals surface area contributed by atoms with Crippen LogP contribution in [-0.4, -0.2) is 40.6 Å². The Morgan fingerprint density at radius 1 is 1.29 bits per heavy atom. The van der Waals surface area contributed by atoms with Crippen LogP contribution in [0.15, 0.2) is 12.5 Å². The molecular weight excluding hydrogens is 260 g/mol. The van der Waals surface area contributed by atoms with Crippen LogP contribution in [-0.2, 0) is 6.54 Å². The Balaban J connectivity index is 1.91. The third-order valence-corrected chi connectivity index (χ3v) is 5.04. The Bertz CT molecular complexity index is 438. The van der Waals surface area contributed by atoms with Crippen LogP contribution in [0.4, 0.5) is 0 Å². The van der Waals surface area contributed by atoms with Crippen molar-refractivity contribution in [2.45, 2.75) is 64.1 Å². The summed E-state index contributed by atoms with van der Waals surface area (Å²) in [5.74, 6) is 0.713. The maximum absolute atomic E-state index is 4.47. The van der Waals surface area contributed by atoms with E-state index in [1.54, 1.807) is 0 Å². The molecule has 2 fully saturated rings. The number of nitrogens with one attached hydrogen (secondary N) is 1. The van der Waals surface area contributed by atoms with Crippen molar-refractivity contribution < 1.29 is 0 Å². The van der Waals surface area contributed by atoms with E-state index in [0.717, 1.165) is 19.1 Å². The van der Waals surface area contributed by atoms with Crippen molar-refractivity contribution in [2.75, 3.05) is 20.1 Å². The molecule has 2 heterocycles. The molecule has 3 rings (SSSR count). The fourth-order valence-corrected chi connectivity index (χ4v) is 3.98. The molecular formula is C17H30N4. The predicted molar refractivity (Wildman–Crippen MR) is 86.3 cm³/mol. The normalized spacial score (nSPS) is 27.7. The SMILES string of the molecule is CCCn1cncc1C1C(CNC)CCCCN1C1CC1. The van der Waals surface area contributed by atoms with E-state index in [9.17, 15) is 0 Å². The maximum atomic E-state index is 4.47. The van der Waals surface area contributed by atoms with E-state index in [2.05, 4.69) is 39.9 Å². The van der Waals surface area contributed by atoms with Gasteiger partial charge in [-0.3, -0.25) is 4.90 Å². The van der Waals surface area contributed by atoms with Gasteiger partial charge in [0.05, 0.1) is 18.1 Å². The molecule has 0 radical (unpaired) electrons. The molecule has 1 aromatic heterocycles. The summed E-state index contributed by atoms with van der Waals surface area (Å²) in [5, 5.41) is 3.43. The summed E-state index contributed by atoms with van der Waals surface area (Å²) in [5.41, 5.74) is 1.45. The second kappa shape index (κ2) is 6.93. The highest BCUT2D eigenvalue weighted by atomic mass is 15.2. The van der Waals surface area contributed by atoms with Gasteiger partial charge in [-0.15, -0.1) is 0 Å². The second-order valence-electron chi connectivity index (χ2n) is 6.74. The molecule has 1 aliphatic carbocycles. The number of hydrogen-bond donors (Lipinski definition) is 1. The number of hydrogen-bond acceptors (Lipinski definition) is 3. The monoisotopic (exact) mass is 290 g/mol. The predicted octanol–water partition coefficient (Wildman–Crippen LogP) is 2.82. The molecule has 1 aliphatic heterocycles. The van der Waals surface area contributed by atoms with Gasteiger partial charge in [-0.05, 0) is 58.2 Å². The molecule has 0 aromatic carbocycles. The molecule has 4 nitrogen and oxygen atoms in total. The van der Waals surface area contributed by atoms with Crippen LogP contribution in [0.1, 0.15) is 57.2 Å². The lowest BCUT2D eigenvalue weighted by atomic mass is 9.92. The largest absolute Gasteiger partial charge is 0.333 e.